The number of anilines is 1. The lowest BCUT2D eigenvalue weighted by atomic mass is 10.0. The number of nitrogens with zero attached hydrogens (tertiary/aromatic N) is 5. The third-order valence-corrected chi connectivity index (χ3v) is 5.60. The summed E-state index contributed by atoms with van der Waals surface area (Å²) in [7, 11) is 0. The fourth-order valence-corrected chi connectivity index (χ4v) is 4.08. The van der Waals surface area contributed by atoms with Gasteiger partial charge in [0.15, 0.2) is 5.65 Å². The van der Waals surface area contributed by atoms with Gasteiger partial charge >= 0.3 is 0 Å². The zero-order chi connectivity index (χ0) is 20.2. The molecule has 1 fully saturated rings. The van der Waals surface area contributed by atoms with Crippen LogP contribution in [-0.2, 0) is 5.54 Å². The maximum absolute atomic E-state index is 14.1. The first-order chi connectivity index (χ1) is 14.0. The summed E-state index contributed by atoms with van der Waals surface area (Å²) in [6.45, 7) is 4.75. The largest absolute Gasteiger partial charge is 0.475 e. The van der Waals surface area contributed by atoms with Crippen LogP contribution in [-0.4, -0.2) is 44.7 Å². The minimum atomic E-state index is -0.431. The molecule has 150 valence electrons. The van der Waals surface area contributed by atoms with Gasteiger partial charge in [0.25, 0.3) is 5.91 Å². The molecule has 4 heterocycles. The predicted octanol–water partition coefficient (Wildman–Crippen LogP) is 2.29. The van der Waals surface area contributed by atoms with Crippen LogP contribution in [0.5, 0.6) is 5.88 Å². The molecule has 1 aliphatic carbocycles. The Balaban J connectivity index is 1.72. The van der Waals surface area contributed by atoms with Crippen LogP contribution >= 0.6 is 0 Å². The summed E-state index contributed by atoms with van der Waals surface area (Å²) in [6, 6.07) is 3.09. The Labute approximate surface area is 166 Å². The van der Waals surface area contributed by atoms with Crippen molar-refractivity contribution in [2.24, 2.45) is 0 Å². The highest BCUT2D eigenvalue weighted by atomic mass is 19.1. The quantitative estimate of drug-likeness (QED) is 0.679. The van der Waals surface area contributed by atoms with Crippen molar-refractivity contribution in [2.45, 2.75) is 38.3 Å². The predicted molar refractivity (Wildman–Crippen MR) is 104 cm³/mol. The number of hydrogen-bond acceptors (Lipinski definition) is 6. The summed E-state index contributed by atoms with van der Waals surface area (Å²) < 4.78 is 21.7. The number of fused-ring (bicyclic) bond motifs is 3. The molecular formula is C20H21FN6O2. The van der Waals surface area contributed by atoms with E-state index >= 15 is 0 Å². The Kier molecular flexibility index (Phi) is 3.94. The molecule has 3 aromatic rings. The number of carbonyl (C=O) groups is 1. The highest BCUT2D eigenvalue weighted by Gasteiger charge is 2.52. The van der Waals surface area contributed by atoms with Gasteiger partial charge in [-0.2, -0.15) is 5.10 Å². The highest BCUT2D eigenvalue weighted by Crippen LogP contribution is 2.54. The molecule has 2 aliphatic rings. The number of nitrogens with one attached hydrogen (secondary N) is 1. The third-order valence-electron chi connectivity index (χ3n) is 5.60. The molecule has 1 aliphatic heterocycles. The Morgan fingerprint density at radius 2 is 2.21 bits per heavy atom. The molecule has 9 heteroatoms. The van der Waals surface area contributed by atoms with Crippen molar-refractivity contribution >= 4 is 17.4 Å². The summed E-state index contributed by atoms with van der Waals surface area (Å²) in [6.07, 6.45) is 6.15. The lowest BCUT2D eigenvalue weighted by Gasteiger charge is -2.33. The molecule has 8 nitrogen and oxygen atoms in total. The molecule has 5 rings (SSSR count). The van der Waals surface area contributed by atoms with E-state index in [2.05, 4.69) is 20.3 Å². The van der Waals surface area contributed by atoms with Gasteiger partial charge in [0, 0.05) is 18.3 Å². The maximum Gasteiger partial charge on any atom is 0.257 e. The number of pyridine rings is 1. The number of rotatable bonds is 1. The molecule has 29 heavy (non-hydrogen) atoms. The monoisotopic (exact) mass is 396 g/mol. The Morgan fingerprint density at radius 3 is 2.97 bits per heavy atom. The van der Waals surface area contributed by atoms with Crippen molar-refractivity contribution < 1.29 is 13.9 Å². The molecule has 1 spiro atoms. The standard InChI is InChI=1S/C20H21FN6O2/c1-3-26-16-4-7-27-17(25-16)14(10-23-27)18(28)24-12(2)11-29-19-15(20(26)5-6-20)8-13(21)9-22-19/h4,7-10,12H,3,5-6,11H2,1-2H3,(H,24,28)/t12-/m0/s1. The van der Waals surface area contributed by atoms with E-state index in [9.17, 15) is 9.18 Å². The average molecular weight is 396 g/mol. The van der Waals surface area contributed by atoms with E-state index in [4.69, 9.17) is 9.72 Å². The summed E-state index contributed by atoms with van der Waals surface area (Å²) in [4.78, 5) is 23.8. The van der Waals surface area contributed by atoms with Gasteiger partial charge in [0.2, 0.25) is 5.88 Å². The second-order valence-electron chi connectivity index (χ2n) is 7.58. The molecule has 1 atom stereocenters. The number of hydrogen-bond donors (Lipinski definition) is 1. The number of amides is 1. The molecule has 0 unspecified atom stereocenters. The smallest absolute Gasteiger partial charge is 0.257 e. The fourth-order valence-electron chi connectivity index (χ4n) is 4.08. The van der Waals surface area contributed by atoms with Crippen LogP contribution in [0.1, 0.15) is 42.6 Å². The molecule has 0 aromatic carbocycles. The van der Waals surface area contributed by atoms with Crippen molar-refractivity contribution in [2.75, 3.05) is 18.1 Å². The van der Waals surface area contributed by atoms with Crippen molar-refractivity contribution in [1.82, 2.24) is 24.9 Å². The Bertz CT molecular complexity index is 1110. The second-order valence-corrected chi connectivity index (χ2v) is 7.58. The summed E-state index contributed by atoms with van der Waals surface area (Å²) in [5.74, 6) is 0.430. The summed E-state index contributed by atoms with van der Waals surface area (Å²) >= 11 is 0. The third kappa shape index (κ3) is 2.80. The van der Waals surface area contributed by atoms with Crippen LogP contribution in [0.4, 0.5) is 10.2 Å². The van der Waals surface area contributed by atoms with E-state index in [1.807, 2.05) is 19.9 Å². The van der Waals surface area contributed by atoms with Gasteiger partial charge in [-0.15, -0.1) is 0 Å². The number of aromatic nitrogens is 4. The maximum atomic E-state index is 14.1. The minimum Gasteiger partial charge on any atom is -0.475 e. The second kappa shape index (κ2) is 6.40. The lowest BCUT2D eigenvalue weighted by Crippen LogP contribution is -2.38. The Morgan fingerprint density at radius 1 is 1.38 bits per heavy atom. The van der Waals surface area contributed by atoms with E-state index in [0.29, 0.717) is 35.0 Å². The first-order valence-corrected chi connectivity index (χ1v) is 9.73. The first kappa shape index (κ1) is 17.8. The molecule has 0 radical (unpaired) electrons. The highest BCUT2D eigenvalue weighted by molar-refractivity contribution is 5.99. The van der Waals surface area contributed by atoms with Gasteiger partial charge in [0.1, 0.15) is 23.8 Å². The van der Waals surface area contributed by atoms with Gasteiger partial charge < -0.3 is 15.0 Å². The SMILES string of the molecule is CCN1c2ccn3ncc(c3n2)C(=O)N[C@@H](C)COc2ncc(F)cc2C12CC2. The van der Waals surface area contributed by atoms with Crippen LogP contribution < -0.4 is 15.0 Å². The van der Waals surface area contributed by atoms with Crippen molar-refractivity contribution in [3.05, 3.63) is 47.7 Å². The Hall–Kier alpha value is -3.23. The topological polar surface area (TPSA) is 84.7 Å². The zero-order valence-electron chi connectivity index (χ0n) is 16.2. The van der Waals surface area contributed by atoms with Crippen LogP contribution in [0.3, 0.4) is 0 Å². The molecule has 2 bridgehead atoms. The van der Waals surface area contributed by atoms with Crippen LogP contribution in [0.25, 0.3) is 5.65 Å². The van der Waals surface area contributed by atoms with E-state index in [0.717, 1.165) is 19.0 Å². The van der Waals surface area contributed by atoms with Gasteiger partial charge in [-0.25, -0.2) is 18.9 Å². The van der Waals surface area contributed by atoms with Gasteiger partial charge in [0.05, 0.1) is 24.0 Å². The van der Waals surface area contributed by atoms with Crippen molar-refractivity contribution in [3.8, 4) is 5.88 Å². The molecule has 0 saturated heterocycles. The number of halogens is 1. The van der Waals surface area contributed by atoms with E-state index in [-0.39, 0.29) is 18.6 Å². The number of carbonyl (C=O) groups excluding carboxylic acids is 1. The van der Waals surface area contributed by atoms with Crippen molar-refractivity contribution in [1.29, 1.82) is 0 Å². The molecule has 1 saturated carbocycles. The fraction of sp³-hybridized carbons (Fsp3) is 0.400. The molecule has 1 amide bonds. The van der Waals surface area contributed by atoms with Gasteiger partial charge in [-0.1, -0.05) is 0 Å². The van der Waals surface area contributed by atoms with Crippen molar-refractivity contribution in [3.63, 3.8) is 0 Å². The van der Waals surface area contributed by atoms with E-state index < -0.39 is 11.4 Å². The van der Waals surface area contributed by atoms with Crippen LogP contribution in [0.2, 0.25) is 0 Å². The summed E-state index contributed by atoms with van der Waals surface area (Å²) in [5.41, 5.74) is 1.17. The van der Waals surface area contributed by atoms with Crippen LogP contribution in [0, 0.1) is 5.82 Å². The van der Waals surface area contributed by atoms with Crippen LogP contribution in [0.15, 0.2) is 30.7 Å². The van der Waals surface area contributed by atoms with Gasteiger partial charge in [-0.3, -0.25) is 4.79 Å². The number of ether oxygens (including phenoxy) is 1. The molecular weight excluding hydrogens is 375 g/mol. The average Bonchev–Trinajstić information content (AvgIpc) is 3.38. The van der Waals surface area contributed by atoms with E-state index in [1.54, 1.807) is 10.7 Å². The summed E-state index contributed by atoms with van der Waals surface area (Å²) in [5, 5.41) is 7.15. The zero-order valence-corrected chi connectivity index (χ0v) is 16.2. The van der Waals surface area contributed by atoms with Gasteiger partial charge in [-0.05, 0) is 38.8 Å². The minimum absolute atomic E-state index is 0.217. The lowest BCUT2D eigenvalue weighted by molar-refractivity contribution is 0.0927. The normalized spacial score (nSPS) is 20.4. The molecule has 1 N–H and O–H groups in total. The van der Waals surface area contributed by atoms with E-state index in [1.165, 1.54) is 12.3 Å². The molecule has 3 aromatic heterocycles. The first-order valence-electron chi connectivity index (χ1n) is 9.73.